The molecule has 0 spiro atoms. The van der Waals surface area contributed by atoms with Gasteiger partial charge in [-0.25, -0.2) is 0 Å². The highest BCUT2D eigenvalue weighted by atomic mass is 16.5. The van der Waals surface area contributed by atoms with Crippen LogP contribution in [-0.2, 0) is 0 Å². The van der Waals surface area contributed by atoms with Gasteiger partial charge in [0.15, 0.2) is 0 Å². The number of rotatable bonds is 2. The summed E-state index contributed by atoms with van der Waals surface area (Å²) in [4.78, 5) is 14.0. The number of nitrogen functional groups attached to an aromatic ring is 1. The molecule has 0 saturated heterocycles. The Labute approximate surface area is 101 Å². The van der Waals surface area contributed by atoms with Crippen LogP contribution in [0.25, 0.3) is 0 Å². The van der Waals surface area contributed by atoms with Gasteiger partial charge in [0.05, 0.1) is 12.8 Å². The van der Waals surface area contributed by atoms with Gasteiger partial charge in [0.1, 0.15) is 5.75 Å². The van der Waals surface area contributed by atoms with Gasteiger partial charge in [-0.05, 0) is 24.6 Å². The van der Waals surface area contributed by atoms with Crippen LogP contribution < -0.4 is 10.5 Å². The standard InChI is InChI=1S/C13H16N2O2/c1-17-12-9-10(5-6-11(12)14)13(16)15-7-3-2-4-8-15/h2-3,5-6,9H,4,7-8,14H2,1H3. The van der Waals surface area contributed by atoms with Gasteiger partial charge in [-0.2, -0.15) is 0 Å². The fourth-order valence-electron chi connectivity index (χ4n) is 1.85. The van der Waals surface area contributed by atoms with E-state index in [2.05, 4.69) is 6.08 Å². The van der Waals surface area contributed by atoms with Crippen LogP contribution in [0.2, 0.25) is 0 Å². The number of hydrogen-bond donors (Lipinski definition) is 1. The Morgan fingerprint density at radius 1 is 1.41 bits per heavy atom. The van der Waals surface area contributed by atoms with Crippen LogP contribution in [0.3, 0.4) is 0 Å². The maximum absolute atomic E-state index is 12.2. The van der Waals surface area contributed by atoms with Crippen molar-refractivity contribution >= 4 is 11.6 Å². The summed E-state index contributed by atoms with van der Waals surface area (Å²) in [7, 11) is 1.55. The summed E-state index contributed by atoms with van der Waals surface area (Å²) >= 11 is 0. The Hall–Kier alpha value is -1.97. The minimum atomic E-state index is 0.0210. The van der Waals surface area contributed by atoms with Crippen LogP contribution in [0.1, 0.15) is 16.8 Å². The third kappa shape index (κ3) is 2.41. The monoisotopic (exact) mass is 232 g/mol. The predicted octanol–water partition coefficient (Wildman–Crippen LogP) is 1.68. The summed E-state index contributed by atoms with van der Waals surface area (Å²) in [6, 6.07) is 5.13. The number of amides is 1. The van der Waals surface area contributed by atoms with E-state index in [0.717, 1.165) is 13.0 Å². The zero-order valence-electron chi connectivity index (χ0n) is 9.85. The number of carbonyl (C=O) groups excluding carboxylic acids is 1. The number of nitrogens with two attached hydrogens (primary N) is 1. The molecule has 0 fully saturated rings. The average molecular weight is 232 g/mol. The van der Waals surface area contributed by atoms with Gasteiger partial charge in [0.25, 0.3) is 5.91 Å². The topological polar surface area (TPSA) is 55.6 Å². The van der Waals surface area contributed by atoms with E-state index in [9.17, 15) is 4.79 Å². The van der Waals surface area contributed by atoms with Crippen molar-refractivity contribution in [3.05, 3.63) is 35.9 Å². The lowest BCUT2D eigenvalue weighted by Crippen LogP contribution is -2.33. The number of ether oxygens (including phenoxy) is 1. The smallest absolute Gasteiger partial charge is 0.254 e. The van der Waals surface area contributed by atoms with Crippen molar-refractivity contribution in [1.29, 1.82) is 0 Å². The second kappa shape index (κ2) is 4.91. The van der Waals surface area contributed by atoms with Crippen molar-refractivity contribution in [2.45, 2.75) is 6.42 Å². The average Bonchev–Trinajstić information content (AvgIpc) is 2.39. The number of benzene rings is 1. The third-order valence-electron chi connectivity index (χ3n) is 2.83. The van der Waals surface area contributed by atoms with Crippen LogP contribution in [0.15, 0.2) is 30.4 Å². The summed E-state index contributed by atoms with van der Waals surface area (Å²) in [5.74, 6) is 0.566. The van der Waals surface area contributed by atoms with E-state index in [1.165, 1.54) is 0 Å². The minimum absolute atomic E-state index is 0.0210. The fraction of sp³-hybridized carbons (Fsp3) is 0.308. The summed E-state index contributed by atoms with van der Waals surface area (Å²) in [5.41, 5.74) is 6.88. The Bertz CT molecular complexity index is 455. The lowest BCUT2D eigenvalue weighted by molar-refractivity contribution is 0.0770. The molecule has 1 aromatic carbocycles. The van der Waals surface area contributed by atoms with Crippen LogP contribution in [0.4, 0.5) is 5.69 Å². The van der Waals surface area contributed by atoms with E-state index >= 15 is 0 Å². The molecule has 1 aliphatic heterocycles. The summed E-state index contributed by atoms with van der Waals surface area (Å²) < 4.78 is 5.11. The first kappa shape index (κ1) is 11.5. The maximum atomic E-state index is 12.2. The van der Waals surface area contributed by atoms with E-state index in [-0.39, 0.29) is 5.91 Å². The molecule has 1 aliphatic rings. The van der Waals surface area contributed by atoms with Crippen molar-refractivity contribution in [1.82, 2.24) is 4.90 Å². The summed E-state index contributed by atoms with van der Waals surface area (Å²) in [5, 5.41) is 0. The second-order valence-electron chi connectivity index (χ2n) is 3.97. The Balaban J connectivity index is 2.21. The van der Waals surface area contributed by atoms with Crippen molar-refractivity contribution in [3.8, 4) is 5.75 Å². The molecule has 0 unspecified atom stereocenters. The molecule has 90 valence electrons. The number of nitrogens with zero attached hydrogens (tertiary/aromatic N) is 1. The zero-order chi connectivity index (χ0) is 12.3. The molecule has 2 rings (SSSR count). The molecule has 4 heteroatoms. The first-order valence-electron chi connectivity index (χ1n) is 5.60. The lowest BCUT2D eigenvalue weighted by atomic mass is 10.1. The number of hydrogen-bond acceptors (Lipinski definition) is 3. The van der Waals surface area contributed by atoms with Crippen molar-refractivity contribution in [2.75, 3.05) is 25.9 Å². The van der Waals surface area contributed by atoms with Crippen molar-refractivity contribution in [2.24, 2.45) is 0 Å². The summed E-state index contributed by atoms with van der Waals surface area (Å²) in [6.45, 7) is 1.44. The van der Waals surface area contributed by atoms with E-state index < -0.39 is 0 Å². The first-order valence-corrected chi connectivity index (χ1v) is 5.60. The quantitative estimate of drug-likeness (QED) is 0.623. The van der Waals surface area contributed by atoms with Gasteiger partial charge in [-0.1, -0.05) is 12.2 Å². The molecule has 0 atom stereocenters. The number of anilines is 1. The van der Waals surface area contributed by atoms with Crippen molar-refractivity contribution < 1.29 is 9.53 Å². The largest absolute Gasteiger partial charge is 0.495 e. The second-order valence-corrected chi connectivity index (χ2v) is 3.97. The third-order valence-corrected chi connectivity index (χ3v) is 2.83. The van der Waals surface area contributed by atoms with Gasteiger partial charge in [-0.3, -0.25) is 4.79 Å². The van der Waals surface area contributed by atoms with E-state index in [0.29, 0.717) is 23.5 Å². The van der Waals surface area contributed by atoms with Crippen LogP contribution in [0, 0.1) is 0 Å². The van der Waals surface area contributed by atoms with Gasteiger partial charge in [0, 0.05) is 18.7 Å². The normalized spacial score (nSPS) is 14.8. The summed E-state index contributed by atoms with van der Waals surface area (Å²) in [6.07, 6.45) is 5.02. The fourth-order valence-corrected chi connectivity index (χ4v) is 1.85. The molecule has 0 aliphatic carbocycles. The Kier molecular flexibility index (Phi) is 3.32. The molecule has 1 amide bonds. The minimum Gasteiger partial charge on any atom is -0.495 e. The molecule has 4 nitrogen and oxygen atoms in total. The molecule has 0 aromatic heterocycles. The number of methoxy groups -OCH3 is 1. The predicted molar refractivity (Wildman–Crippen MR) is 67.1 cm³/mol. The van der Waals surface area contributed by atoms with E-state index in [4.69, 9.17) is 10.5 Å². The van der Waals surface area contributed by atoms with Crippen LogP contribution >= 0.6 is 0 Å². The van der Waals surface area contributed by atoms with E-state index in [1.54, 1.807) is 25.3 Å². The molecule has 17 heavy (non-hydrogen) atoms. The zero-order valence-corrected chi connectivity index (χ0v) is 9.85. The molecule has 1 aromatic rings. The lowest BCUT2D eigenvalue weighted by Gasteiger charge is -2.23. The van der Waals surface area contributed by atoms with Gasteiger partial charge < -0.3 is 15.4 Å². The first-order chi connectivity index (χ1) is 8.22. The van der Waals surface area contributed by atoms with Gasteiger partial charge in [0.2, 0.25) is 0 Å². The molecule has 0 bridgehead atoms. The highest BCUT2D eigenvalue weighted by Crippen LogP contribution is 2.23. The Morgan fingerprint density at radius 3 is 2.88 bits per heavy atom. The van der Waals surface area contributed by atoms with E-state index in [1.807, 2.05) is 11.0 Å². The molecular formula is C13H16N2O2. The highest BCUT2D eigenvalue weighted by Gasteiger charge is 2.16. The molecular weight excluding hydrogens is 216 g/mol. The SMILES string of the molecule is COc1cc(C(=O)N2CC=CCC2)ccc1N. The van der Waals surface area contributed by atoms with Crippen LogP contribution in [0.5, 0.6) is 5.75 Å². The maximum Gasteiger partial charge on any atom is 0.254 e. The molecule has 0 saturated carbocycles. The highest BCUT2D eigenvalue weighted by molar-refractivity contribution is 5.95. The Morgan fingerprint density at radius 2 is 2.24 bits per heavy atom. The van der Waals surface area contributed by atoms with Crippen molar-refractivity contribution in [3.63, 3.8) is 0 Å². The van der Waals surface area contributed by atoms with Gasteiger partial charge in [-0.15, -0.1) is 0 Å². The molecule has 2 N–H and O–H groups in total. The molecule has 0 radical (unpaired) electrons. The van der Waals surface area contributed by atoms with Gasteiger partial charge >= 0.3 is 0 Å². The van der Waals surface area contributed by atoms with Crippen LogP contribution in [-0.4, -0.2) is 31.0 Å². The molecule has 1 heterocycles. The number of carbonyl (C=O) groups is 1.